The Morgan fingerprint density at radius 3 is 2.38 bits per heavy atom. The summed E-state index contributed by atoms with van der Waals surface area (Å²) in [6, 6.07) is 12.5. The fourth-order valence-corrected chi connectivity index (χ4v) is 5.30. The zero-order valence-corrected chi connectivity index (χ0v) is 22.8. The van der Waals surface area contributed by atoms with Gasteiger partial charge < -0.3 is 24.3 Å². The molecule has 39 heavy (non-hydrogen) atoms. The topological polar surface area (TPSA) is 114 Å². The summed E-state index contributed by atoms with van der Waals surface area (Å²) >= 11 is 12.5. The van der Waals surface area contributed by atoms with Crippen molar-refractivity contribution in [2.75, 3.05) is 26.2 Å². The number of fused-ring (bicyclic) bond motifs is 1. The van der Waals surface area contributed by atoms with E-state index in [0.29, 0.717) is 28.1 Å². The largest absolute Gasteiger partial charge is 0.507 e. The van der Waals surface area contributed by atoms with Crippen molar-refractivity contribution < 1.29 is 28.9 Å². The van der Waals surface area contributed by atoms with Crippen LogP contribution in [0.4, 0.5) is 5.95 Å². The molecule has 1 aliphatic heterocycles. The van der Waals surface area contributed by atoms with Gasteiger partial charge in [-0.3, -0.25) is 14.5 Å². The van der Waals surface area contributed by atoms with Crippen molar-refractivity contribution in [3.8, 4) is 17.2 Å². The summed E-state index contributed by atoms with van der Waals surface area (Å²) in [5.41, 5.74) is 2.41. The lowest BCUT2D eigenvalue weighted by molar-refractivity contribution is -0.132. The van der Waals surface area contributed by atoms with Gasteiger partial charge in [0, 0.05) is 17.2 Å². The van der Waals surface area contributed by atoms with Crippen LogP contribution >= 0.6 is 23.2 Å². The number of anilines is 1. The molecule has 2 N–H and O–H groups in total. The molecular weight excluding hydrogens is 545 g/mol. The minimum absolute atomic E-state index is 0.0738. The van der Waals surface area contributed by atoms with Crippen molar-refractivity contribution in [1.82, 2.24) is 9.97 Å². The highest BCUT2D eigenvalue weighted by Crippen LogP contribution is 2.45. The Morgan fingerprint density at radius 1 is 1.00 bits per heavy atom. The number of ether oxygens (including phenoxy) is 3. The lowest BCUT2D eigenvalue weighted by atomic mass is 9.94. The van der Waals surface area contributed by atoms with Crippen molar-refractivity contribution in [3.63, 3.8) is 0 Å². The number of nitrogens with one attached hydrogen (secondary N) is 1. The number of carbonyl (C=O) groups excluding carboxylic acids is 2. The number of methoxy groups -OCH3 is 3. The minimum atomic E-state index is -1.03. The Kier molecular flexibility index (Phi) is 6.88. The Balaban J connectivity index is 1.77. The summed E-state index contributed by atoms with van der Waals surface area (Å²) in [6.45, 7) is 1.88. The molecule has 2 heterocycles. The summed E-state index contributed by atoms with van der Waals surface area (Å²) in [5, 5.41) is 11.9. The SMILES string of the molecule is COc1cc2nc(N3C(=O)C(=O)/C(=C(/O)c4cc(Cl)cc(Cl)c4OC)C3c3cccc(C)c3)[nH]c2cc1OC. The van der Waals surface area contributed by atoms with Crippen molar-refractivity contribution in [2.45, 2.75) is 13.0 Å². The van der Waals surface area contributed by atoms with Gasteiger partial charge in [-0.1, -0.05) is 53.0 Å². The number of amides is 1. The highest BCUT2D eigenvalue weighted by atomic mass is 35.5. The summed E-state index contributed by atoms with van der Waals surface area (Å²) < 4.78 is 16.1. The van der Waals surface area contributed by atoms with Crippen LogP contribution in [0.5, 0.6) is 17.2 Å². The zero-order valence-electron chi connectivity index (χ0n) is 21.3. The molecule has 5 rings (SSSR count). The maximum atomic E-state index is 13.6. The zero-order chi connectivity index (χ0) is 28.0. The molecule has 0 aliphatic carbocycles. The predicted octanol–water partition coefficient (Wildman–Crippen LogP) is 5.83. The lowest BCUT2D eigenvalue weighted by Crippen LogP contribution is -2.30. The van der Waals surface area contributed by atoms with Crippen LogP contribution in [0.3, 0.4) is 0 Å². The number of hydrogen-bond acceptors (Lipinski definition) is 7. The van der Waals surface area contributed by atoms with E-state index in [1.807, 2.05) is 19.1 Å². The predicted molar refractivity (Wildman–Crippen MR) is 148 cm³/mol. The molecule has 1 unspecified atom stereocenters. The molecule has 0 spiro atoms. The quantitative estimate of drug-likeness (QED) is 0.171. The normalized spacial score (nSPS) is 16.7. The number of aliphatic hydroxyl groups excluding tert-OH is 1. The van der Waals surface area contributed by atoms with Gasteiger partial charge >= 0.3 is 5.91 Å². The van der Waals surface area contributed by atoms with Crippen LogP contribution in [0.25, 0.3) is 16.8 Å². The molecule has 11 heteroatoms. The van der Waals surface area contributed by atoms with E-state index in [1.165, 1.54) is 38.4 Å². The highest BCUT2D eigenvalue weighted by Gasteiger charge is 2.48. The average molecular weight is 568 g/mol. The molecule has 3 aromatic carbocycles. The number of ketones is 1. The molecule has 1 atom stereocenters. The van der Waals surface area contributed by atoms with E-state index in [1.54, 1.807) is 24.3 Å². The number of nitrogens with zero attached hydrogens (tertiary/aromatic N) is 2. The van der Waals surface area contributed by atoms with Crippen molar-refractivity contribution in [3.05, 3.63) is 80.8 Å². The van der Waals surface area contributed by atoms with E-state index >= 15 is 0 Å². The van der Waals surface area contributed by atoms with Crippen LogP contribution in [-0.2, 0) is 9.59 Å². The van der Waals surface area contributed by atoms with Crippen molar-refractivity contribution in [2.24, 2.45) is 0 Å². The van der Waals surface area contributed by atoms with Crippen LogP contribution in [0.1, 0.15) is 22.7 Å². The standard InChI is InChI=1S/C28H23Cl2N3O6/c1-13-6-5-7-14(8-13)23-22(24(34)16-9-15(29)10-17(30)26(16)39-4)25(35)27(36)33(23)28-31-18-11-20(37-2)21(38-3)12-19(18)32-28/h5-12,23,34H,1-4H3,(H,31,32)/b24-22+. The lowest BCUT2D eigenvalue weighted by Gasteiger charge is -2.23. The Labute approximate surface area is 233 Å². The number of aryl methyl sites for hydroxylation is 1. The summed E-state index contributed by atoms with van der Waals surface area (Å²) in [6.07, 6.45) is 0. The fraction of sp³-hybridized carbons (Fsp3) is 0.179. The highest BCUT2D eigenvalue weighted by molar-refractivity contribution is 6.51. The van der Waals surface area contributed by atoms with Gasteiger partial charge in [-0.2, -0.15) is 0 Å². The maximum absolute atomic E-state index is 13.6. The molecule has 200 valence electrons. The Morgan fingerprint density at radius 2 is 1.72 bits per heavy atom. The second kappa shape index (κ2) is 10.2. The molecule has 9 nitrogen and oxygen atoms in total. The number of aromatic nitrogens is 2. The minimum Gasteiger partial charge on any atom is -0.507 e. The molecule has 1 aliphatic rings. The first-order valence-electron chi connectivity index (χ1n) is 11.7. The maximum Gasteiger partial charge on any atom is 0.302 e. The molecule has 1 amide bonds. The number of hydrogen-bond donors (Lipinski definition) is 2. The van der Waals surface area contributed by atoms with E-state index in [9.17, 15) is 14.7 Å². The molecule has 1 aromatic heterocycles. The van der Waals surface area contributed by atoms with Crippen molar-refractivity contribution in [1.29, 1.82) is 0 Å². The van der Waals surface area contributed by atoms with Crippen LogP contribution < -0.4 is 19.1 Å². The van der Waals surface area contributed by atoms with Gasteiger partial charge in [-0.15, -0.1) is 0 Å². The third-order valence-electron chi connectivity index (χ3n) is 6.47. The summed E-state index contributed by atoms with van der Waals surface area (Å²) in [5.74, 6) is -1.16. The molecule has 4 aromatic rings. The van der Waals surface area contributed by atoms with Crippen LogP contribution in [0.2, 0.25) is 10.0 Å². The average Bonchev–Trinajstić information content (AvgIpc) is 3.44. The van der Waals surface area contributed by atoms with Crippen LogP contribution in [0.15, 0.2) is 54.1 Å². The van der Waals surface area contributed by atoms with Gasteiger partial charge in [0.1, 0.15) is 11.5 Å². The molecule has 0 saturated carbocycles. The van der Waals surface area contributed by atoms with Gasteiger partial charge in [-0.05, 0) is 24.6 Å². The number of halogens is 2. The first-order chi connectivity index (χ1) is 18.7. The van der Waals surface area contributed by atoms with Gasteiger partial charge in [0.15, 0.2) is 11.5 Å². The smallest absolute Gasteiger partial charge is 0.302 e. The van der Waals surface area contributed by atoms with E-state index in [2.05, 4.69) is 9.97 Å². The summed E-state index contributed by atoms with van der Waals surface area (Å²) in [7, 11) is 4.39. The second-order valence-electron chi connectivity index (χ2n) is 8.84. The molecule has 1 saturated heterocycles. The first kappa shape index (κ1) is 26.4. The van der Waals surface area contributed by atoms with Gasteiger partial charge in [0.2, 0.25) is 5.95 Å². The molecule has 0 radical (unpaired) electrons. The monoisotopic (exact) mass is 567 g/mol. The number of benzene rings is 3. The summed E-state index contributed by atoms with van der Waals surface area (Å²) in [4.78, 5) is 36.0. The van der Waals surface area contributed by atoms with E-state index in [4.69, 9.17) is 37.4 Å². The van der Waals surface area contributed by atoms with E-state index < -0.39 is 23.5 Å². The number of rotatable bonds is 6. The molecule has 1 fully saturated rings. The number of carbonyl (C=O) groups is 2. The third kappa shape index (κ3) is 4.43. The van der Waals surface area contributed by atoms with E-state index in [0.717, 1.165) is 5.56 Å². The van der Waals surface area contributed by atoms with Crippen molar-refractivity contribution >= 4 is 57.6 Å². The number of H-pyrrole nitrogens is 1. The molecular formula is C28H23Cl2N3O6. The van der Waals surface area contributed by atoms with Gasteiger partial charge in [0.05, 0.1) is 54.6 Å². The number of aliphatic hydroxyl groups is 1. The second-order valence-corrected chi connectivity index (χ2v) is 9.68. The number of imidazole rings is 1. The third-order valence-corrected chi connectivity index (χ3v) is 6.97. The first-order valence-corrected chi connectivity index (χ1v) is 12.5. The van der Waals surface area contributed by atoms with Crippen LogP contribution in [-0.4, -0.2) is 48.1 Å². The van der Waals surface area contributed by atoms with Crippen LogP contribution in [0, 0.1) is 6.92 Å². The fourth-order valence-electron chi connectivity index (χ4n) is 4.73. The van der Waals surface area contributed by atoms with Gasteiger partial charge in [0.25, 0.3) is 5.78 Å². The Bertz CT molecular complexity index is 1640. The Hall–Kier alpha value is -4.21. The number of Topliss-reactive ketones (excluding diaryl/α,β-unsaturated/α-hetero) is 1. The molecule has 0 bridgehead atoms. The van der Waals surface area contributed by atoms with E-state index in [-0.39, 0.29) is 32.9 Å². The number of aromatic amines is 1. The van der Waals surface area contributed by atoms with Gasteiger partial charge in [-0.25, -0.2) is 4.98 Å².